The molecule has 0 spiro atoms. The molecule has 0 saturated carbocycles. The summed E-state index contributed by atoms with van der Waals surface area (Å²) in [6.07, 6.45) is 0. The number of nitro groups is 1. The van der Waals surface area contributed by atoms with Crippen molar-refractivity contribution in [2.75, 3.05) is 5.32 Å². The highest BCUT2D eigenvalue weighted by Crippen LogP contribution is 2.14. The first-order valence-corrected chi connectivity index (χ1v) is 6.05. The molecule has 2 heterocycles. The Balaban J connectivity index is 1.79. The van der Waals surface area contributed by atoms with Gasteiger partial charge in [0.25, 0.3) is 5.69 Å². The Kier molecular flexibility index (Phi) is 3.07. The third-order valence-corrected chi connectivity index (χ3v) is 2.87. The van der Waals surface area contributed by atoms with E-state index in [-0.39, 0.29) is 5.69 Å². The van der Waals surface area contributed by atoms with Gasteiger partial charge in [-0.3, -0.25) is 10.1 Å². The smallest absolute Gasteiger partial charge is 0.364 e. The zero-order valence-electron chi connectivity index (χ0n) is 10.7. The van der Waals surface area contributed by atoms with Crippen LogP contribution in [0.15, 0.2) is 41.2 Å². The summed E-state index contributed by atoms with van der Waals surface area (Å²) in [5, 5.41) is 23.8. The van der Waals surface area contributed by atoms with E-state index in [1.165, 1.54) is 12.1 Å². The Morgan fingerprint density at radius 2 is 2.19 bits per heavy atom. The number of aromatic amines is 1. The Bertz CT molecular complexity index is 869. The van der Waals surface area contributed by atoms with Crippen molar-refractivity contribution in [1.29, 1.82) is 0 Å². The van der Waals surface area contributed by atoms with Gasteiger partial charge in [0.15, 0.2) is 5.65 Å². The molecule has 0 bridgehead atoms. The number of benzene rings is 1. The quantitative estimate of drug-likeness (QED) is 0.544. The molecule has 0 unspecified atom stereocenters. The van der Waals surface area contributed by atoms with Gasteiger partial charge in [-0.15, -0.1) is 5.10 Å². The second-order valence-corrected chi connectivity index (χ2v) is 4.30. The minimum atomic E-state index is -0.446. The first-order valence-electron chi connectivity index (χ1n) is 6.05. The van der Waals surface area contributed by atoms with Crippen LogP contribution in [0.25, 0.3) is 5.65 Å². The van der Waals surface area contributed by atoms with Crippen molar-refractivity contribution in [3.63, 3.8) is 0 Å². The molecular weight excluding hydrogens is 276 g/mol. The Morgan fingerprint density at radius 3 is 3.00 bits per heavy atom. The number of hydrogen-bond donors (Lipinski definition) is 2. The summed E-state index contributed by atoms with van der Waals surface area (Å²) in [5.74, 6) is 0.470. The number of anilines is 1. The number of H-pyrrole nitrogens is 1. The zero-order chi connectivity index (χ0) is 14.8. The van der Waals surface area contributed by atoms with Crippen LogP contribution in [-0.4, -0.2) is 24.7 Å². The summed E-state index contributed by atoms with van der Waals surface area (Å²) >= 11 is 0. The van der Waals surface area contributed by atoms with Crippen LogP contribution >= 0.6 is 0 Å². The lowest BCUT2D eigenvalue weighted by atomic mass is 10.2. The summed E-state index contributed by atoms with van der Waals surface area (Å²) in [7, 11) is 0. The fourth-order valence-corrected chi connectivity index (χ4v) is 1.87. The Labute approximate surface area is 117 Å². The van der Waals surface area contributed by atoms with Gasteiger partial charge in [0.05, 0.1) is 4.92 Å². The van der Waals surface area contributed by atoms with Crippen LogP contribution in [0.3, 0.4) is 0 Å². The van der Waals surface area contributed by atoms with Gasteiger partial charge in [-0.05, 0) is 17.7 Å². The van der Waals surface area contributed by atoms with Crippen LogP contribution in [-0.2, 0) is 6.54 Å². The van der Waals surface area contributed by atoms with Crippen molar-refractivity contribution in [1.82, 2.24) is 19.8 Å². The molecule has 0 aliphatic carbocycles. The van der Waals surface area contributed by atoms with Crippen molar-refractivity contribution in [3.8, 4) is 0 Å². The minimum Gasteiger partial charge on any atom is -0.365 e. The van der Waals surface area contributed by atoms with E-state index in [2.05, 4.69) is 20.6 Å². The molecule has 0 aliphatic rings. The van der Waals surface area contributed by atoms with E-state index in [1.54, 1.807) is 24.3 Å². The van der Waals surface area contributed by atoms with Gasteiger partial charge >= 0.3 is 5.69 Å². The van der Waals surface area contributed by atoms with Crippen molar-refractivity contribution < 1.29 is 4.92 Å². The average molecular weight is 286 g/mol. The number of rotatable bonds is 4. The Morgan fingerprint density at radius 1 is 1.33 bits per heavy atom. The number of nitro benzene ring substituents is 1. The number of nitrogens with one attached hydrogen (secondary N) is 2. The highest BCUT2D eigenvalue weighted by atomic mass is 16.6. The van der Waals surface area contributed by atoms with E-state index in [0.717, 1.165) is 10.1 Å². The van der Waals surface area contributed by atoms with E-state index >= 15 is 0 Å². The number of nitrogens with zero attached hydrogens (tertiary/aromatic N) is 4. The maximum Gasteiger partial charge on any atom is 0.364 e. The summed E-state index contributed by atoms with van der Waals surface area (Å²) in [6, 6.07) is 9.61. The lowest BCUT2D eigenvalue weighted by Crippen LogP contribution is -2.14. The van der Waals surface area contributed by atoms with Gasteiger partial charge in [-0.2, -0.15) is 9.61 Å². The average Bonchev–Trinajstić information content (AvgIpc) is 2.86. The number of non-ortho nitro benzene ring substituents is 1. The summed E-state index contributed by atoms with van der Waals surface area (Å²) < 4.78 is 1.13. The molecule has 9 heteroatoms. The lowest BCUT2D eigenvalue weighted by molar-refractivity contribution is -0.384. The number of aromatic nitrogens is 4. The standard InChI is InChI=1S/C12H10N6O3/c19-12-15-14-11-5-4-10(16-17(11)12)13-7-8-2-1-3-9(6-8)18(20)21/h1-6H,7H2,(H,13,16)(H,15,19). The molecule has 21 heavy (non-hydrogen) atoms. The molecule has 0 fully saturated rings. The van der Waals surface area contributed by atoms with Crippen molar-refractivity contribution in [2.24, 2.45) is 0 Å². The largest absolute Gasteiger partial charge is 0.365 e. The first-order chi connectivity index (χ1) is 10.1. The van der Waals surface area contributed by atoms with E-state index in [4.69, 9.17) is 0 Å². The van der Waals surface area contributed by atoms with E-state index < -0.39 is 10.6 Å². The SMILES string of the molecule is O=c1[nH]nc2ccc(NCc3cccc([N+](=O)[O-])c3)nn12. The number of fused-ring (bicyclic) bond motifs is 1. The van der Waals surface area contributed by atoms with Crippen LogP contribution in [0, 0.1) is 10.1 Å². The van der Waals surface area contributed by atoms with E-state index in [9.17, 15) is 14.9 Å². The van der Waals surface area contributed by atoms with Gasteiger partial charge in [0, 0.05) is 18.7 Å². The molecular formula is C12H10N6O3. The van der Waals surface area contributed by atoms with Crippen LogP contribution in [0.5, 0.6) is 0 Å². The third kappa shape index (κ3) is 2.56. The zero-order valence-corrected chi connectivity index (χ0v) is 10.7. The molecule has 0 atom stereocenters. The molecule has 3 aromatic rings. The highest BCUT2D eigenvalue weighted by Gasteiger charge is 2.06. The Hall–Kier alpha value is -3.23. The van der Waals surface area contributed by atoms with E-state index in [0.29, 0.717) is 18.0 Å². The van der Waals surface area contributed by atoms with Gasteiger partial charge in [-0.25, -0.2) is 9.89 Å². The van der Waals surface area contributed by atoms with Crippen molar-refractivity contribution in [2.45, 2.75) is 6.54 Å². The highest BCUT2D eigenvalue weighted by molar-refractivity contribution is 5.44. The third-order valence-electron chi connectivity index (χ3n) is 2.87. The minimum absolute atomic E-state index is 0.0313. The second kappa shape index (κ2) is 5.04. The van der Waals surface area contributed by atoms with Crippen LogP contribution < -0.4 is 11.0 Å². The molecule has 9 nitrogen and oxygen atoms in total. The molecule has 0 saturated heterocycles. The van der Waals surface area contributed by atoms with Crippen LogP contribution in [0.1, 0.15) is 5.56 Å². The summed E-state index contributed by atoms with van der Waals surface area (Å²) in [5.41, 5.74) is 0.763. The van der Waals surface area contributed by atoms with E-state index in [1.807, 2.05) is 0 Å². The second-order valence-electron chi connectivity index (χ2n) is 4.30. The molecule has 2 aromatic heterocycles. The summed E-state index contributed by atoms with van der Waals surface area (Å²) in [6.45, 7) is 0.354. The molecule has 0 radical (unpaired) electrons. The monoisotopic (exact) mass is 286 g/mol. The summed E-state index contributed by atoms with van der Waals surface area (Å²) in [4.78, 5) is 21.7. The predicted octanol–water partition coefficient (Wildman–Crippen LogP) is 0.938. The van der Waals surface area contributed by atoms with Crippen molar-refractivity contribution >= 4 is 17.2 Å². The molecule has 1 aromatic carbocycles. The van der Waals surface area contributed by atoms with Gasteiger partial charge in [0.2, 0.25) is 0 Å². The fourth-order valence-electron chi connectivity index (χ4n) is 1.87. The topological polar surface area (TPSA) is 118 Å². The lowest BCUT2D eigenvalue weighted by Gasteiger charge is -2.05. The first kappa shape index (κ1) is 12.8. The predicted molar refractivity (Wildman–Crippen MR) is 74.0 cm³/mol. The fraction of sp³-hybridized carbons (Fsp3) is 0.0833. The molecule has 3 rings (SSSR count). The molecule has 2 N–H and O–H groups in total. The molecule has 0 aliphatic heterocycles. The molecule has 0 amide bonds. The van der Waals surface area contributed by atoms with Crippen molar-refractivity contribution in [3.05, 3.63) is 62.6 Å². The van der Waals surface area contributed by atoms with Gasteiger partial charge in [-0.1, -0.05) is 12.1 Å². The normalized spacial score (nSPS) is 10.7. The van der Waals surface area contributed by atoms with Gasteiger partial charge in [0.1, 0.15) is 5.82 Å². The molecule has 106 valence electrons. The van der Waals surface area contributed by atoms with Gasteiger partial charge < -0.3 is 5.32 Å². The van der Waals surface area contributed by atoms with Crippen LogP contribution in [0.2, 0.25) is 0 Å². The van der Waals surface area contributed by atoms with Crippen LogP contribution in [0.4, 0.5) is 11.5 Å². The maximum absolute atomic E-state index is 11.4. The maximum atomic E-state index is 11.4. The number of hydrogen-bond acceptors (Lipinski definition) is 6.